The van der Waals surface area contributed by atoms with E-state index in [1.165, 1.54) is 10.8 Å². The molecule has 0 aromatic carbocycles. The summed E-state index contributed by atoms with van der Waals surface area (Å²) in [7, 11) is 0. The Balaban J connectivity index is 1.79. The van der Waals surface area contributed by atoms with Gasteiger partial charge < -0.3 is 4.57 Å². The first-order valence-corrected chi connectivity index (χ1v) is 8.16. The average Bonchev–Trinajstić information content (AvgIpc) is 3.23. The van der Waals surface area contributed by atoms with E-state index in [0.29, 0.717) is 13.0 Å². The Bertz CT molecular complexity index is 1110. The van der Waals surface area contributed by atoms with Gasteiger partial charge >= 0.3 is 6.18 Å². The molecule has 4 aromatic rings. The molecule has 0 fully saturated rings. The summed E-state index contributed by atoms with van der Waals surface area (Å²) >= 11 is 1.60. The number of nitrogens with zero attached hydrogens (tertiary/aromatic N) is 5. The first kappa shape index (κ1) is 15.8. The third kappa shape index (κ3) is 2.78. The van der Waals surface area contributed by atoms with Crippen molar-refractivity contribution in [2.45, 2.75) is 19.1 Å². The summed E-state index contributed by atoms with van der Waals surface area (Å²) in [6.07, 6.45) is -1.19. The van der Waals surface area contributed by atoms with Crippen LogP contribution in [0, 0.1) is 0 Å². The topological polar surface area (TPSA) is 65.1 Å². The second kappa shape index (κ2) is 5.66. The highest BCUT2D eigenvalue weighted by molar-refractivity contribution is 7.09. The van der Waals surface area contributed by atoms with Crippen LogP contribution in [0.5, 0.6) is 0 Å². The van der Waals surface area contributed by atoms with Crippen molar-refractivity contribution in [2.75, 3.05) is 0 Å². The van der Waals surface area contributed by atoms with Crippen molar-refractivity contribution >= 4 is 28.0 Å². The molecule has 0 atom stereocenters. The number of aromatic nitrogens is 5. The zero-order valence-electron chi connectivity index (χ0n) is 12.6. The number of fused-ring (bicyclic) bond motifs is 3. The maximum absolute atomic E-state index is 12.8. The van der Waals surface area contributed by atoms with Gasteiger partial charge in [0.05, 0.1) is 10.9 Å². The maximum atomic E-state index is 12.8. The van der Waals surface area contributed by atoms with Crippen LogP contribution in [0.15, 0.2) is 40.8 Å². The van der Waals surface area contributed by atoms with Gasteiger partial charge in [0.1, 0.15) is 0 Å². The lowest BCUT2D eigenvalue weighted by Gasteiger charge is -2.06. The maximum Gasteiger partial charge on any atom is 0.453 e. The Morgan fingerprint density at radius 2 is 2.08 bits per heavy atom. The predicted octanol–water partition coefficient (Wildman–Crippen LogP) is 2.76. The molecular formula is C15H10F3N5OS. The van der Waals surface area contributed by atoms with Crippen LogP contribution in [0.3, 0.4) is 0 Å². The molecule has 128 valence electrons. The summed E-state index contributed by atoms with van der Waals surface area (Å²) < 4.78 is 40.8. The fourth-order valence-electron chi connectivity index (χ4n) is 2.54. The first-order valence-electron chi connectivity index (χ1n) is 7.28. The molecule has 6 nitrogen and oxygen atoms in total. The van der Waals surface area contributed by atoms with Crippen LogP contribution in [-0.2, 0) is 19.1 Å². The molecule has 25 heavy (non-hydrogen) atoms. The molecule has 0 bridgehead atoms. The summed E-state index contributed by atoms with van der Waals surface area (Å²) in [6, 6.07) is 5.47. The summed E-state index contributed by atoms with van der Waals surface area (Å²) in [5, 5.41) is 5.60. The first-order chi connectivity index (χ1) is 11.9. The zero-order chi connectivity index (χ0) is 17.6. The highest BCUT2D eigenvalue weighted by Crippen LogP contribution is 2.26. The van der Waals surface area contributed by atoms with E-state index >= 15 is 0 Å². The van der Waals surface area contributed by atoms with Gasteiger partial charge in [-0.2, -0.15) is 22.7 Å². The van der Waals surface area contributed by atoms with Crippen molar-refractivity contribution in [3.8, 4) is 0 Å². The van der Waals surface area contributed by atoms with Crippen LogP contribution in [0.4, 0.5) is 13.2 Å². The average molecular weight is 365 g/mol. The molecule has 0 N–H and O–H groups in total. The van der Waals surface area contributed by atoms with Crippen molar-refractivity contribution < 1.29 is 13.2 Å². The summed E-state index contributed by atoms with van der Waals surface area (Å²) in [5.41, 5.74) is -0.0853. The summed E-state index contributed by atoms with van der Waals surface area (Å²) in [6.45, 7) is 0.471. The van der Waals surface area contributed by atoms with Crippen molar-refractivity contribution in [1.29, 1.82) is 0 Å². The smallest absolute Gasteiger partial charge is 0.314 e. The van der Waals surface area contributed by atoms with Crippen LogP contribution >= 0.6 is 11.3 Å². The zero-order valence-corrected chi connectivity index (χ0v) is 13.4. The van der Waals surface area contributed by atoms with E-state index in [0.717, 1.165) is 9.39 Å². The van der Waals surface area contributed by atoms with E-state index in [9.17, 15) is 18.0 Å². The Hall–Kier alpha value is -2.75. The van der Waals surface area contributed by atoms with Crippen LogP contribution in [0.2, 0.25) is 0 Å². The number of rotatable bonds is 3. The Morgan fingerprint density at radius 1 is 1.24 bits per heavy atom. The lowest BCUT2D eigenvalue weighted by atomic mass is 10.3. The van der Waals surface area contributed by atoms with Crippen LogP contribution in [-0.4, -0.2) is 24.1 Å². The monoisotopic (exact) mass is 365 g/mol. The standard InChI is InChI=1S/C15H10F3N5OS/c16-15(17,18)13-20-14-19-8-10-11(23(14)21-13)4-6-22(12(10)24)5-3-9-2-1-7-25-9/h1-2,4,6-8H,3,5H2. The van der Waals surface area contributed by atoms with Crippen molar-refractivity contribution in [3.63, 3.8) is 0 Å². The van der Waals surface area contributed by atoms with E-state index in [2.05, 4.69) is 15.1 Å². The molecule has 0 aliphatic heterocycles. The fraction of sp³-hybridized carbons (Fsp3) is 0.200. The van der Waals surface area contributed by atoms with Crippen molar-refractivity contribution in [2.24, 2.45) is 0 Å². The van der Waals surface area contributed by atoms with Gasteiger partial charge in [0.2, 0.25) is 0 Å². The van der Waals surface area contributed by atoms with Crippen LogP contribution in [0.25, 0.3) is 16.7 Å². The van der Waals surface area contributed by atoms with Crippen LogP contribution in [0.1, 0.15) is 10.7 Å². The molecule has 10 heteroatoms. The van der Waals surface area contributed by atoms with Gasteiger partial charge in [-0.05, 0) is 23.9 Å². The quantitative estimate of drug-likeness (QED) is 0.560. The van der Waals surface area contributed by atoms with E-state index < -0.39 is 12.0 Å². The lowest BCUT2D eigenvalue weighted by molar-refractivity contribution is -0.144. The third-order valence-corrected chi connectivity index (χ3v) is 4.68. The number of aryl methyl sites for hydroxylation is 2. The molecule has 0 radical (unpaired) electrons. The van der Waals surface area contributed by atoms with Gasteiger partial charge in [0.15, 0.2) is 0 Å². The van der Waals surface area contributed by atoms with Crippen molar-refractivity contribution in [1.82, 2.24) is 24.1 Å². The molecule has 0 unspecified atom stereocenters. The number of hydrogen-bond donors (Lipinski definition) is 0. The number of alkyl halides is 3. The minimum Gasteiger partial charge on any atom is -0.314 e. The molecular weight excluding hydrogens is 355 g/mol. The van der Waals surface area contributed by atoms with Crippen molar-refractivity contribution in [3.05, 3.63) is 57.0 Å². The van der Waals surface area contributed by atoms with Gasteiger partial charge in [-0.1, -0.05) is 6.07 Å². The van der Waals surface area contributed by atoms with Gasteiger partial charge in [0.25, 0.3) is 17.2 Å². The molecule has 0 saturated heterocycles. The highest BCUT2D eigenvalue weighted by atomic mass is 32.1. The lowest BCUT2D eigenvalue weighted by Crippen LogP contribution is -2.21. The number of halogens is 3. The van der Waals surface area contributed by atoms with E-state index in [-0.39, 0.29) is 22.2 Å². The van der Waals surface area contributed by atoms with Gasteiger partial charge in [-0.25, -0.2) is 4.98 Å². The predicted molar refractivity (Wildman–Crippen MR) is 85.6 cm³/mol. The largest absolute Gasteiger partial charge is 0.453 e. The molecule has 4 heterocycles. The Kier molecular flexibility index (Phi) is 3.57. The van der Waals surface area contributed by atoms with Gasteiger partial charge in [0, 0.05) is 23.8 Å². The molecule has 0 spiro atoms. The van der Waals surface area contributed by atoms with E-state index in [1.807, 2.05) is 17.5 Å². The number of hydrogen-bond acceptors (Lipinski definition) is 5. The molecule has 0 aliphatic carbocycles. The molecule has 0 saturated carbocycles. The Labute approximate surface area is 142 Å². The minimum absolute atomic E-state index is 0.194. The minimum atomic E-state index is -4.67. The van der Waals surface area contributed by atoms with Crippen LogP contribution < -0.4 is 5.56 Å². The van der Waals surface area contributed by atoms with Gasteiger partial charge in [-0.3, -0.25) is 4.79 Å². The second-order valence-electron chi connectivity index (χ2n) is 5.35. The number of pyridine rings is 1. The molecule has 4 rings (SSSR count). The Morgan fingerprint density at radius 3 is 2.80 bits per heavy atom. The molecule has 4 aromatic heterocycles. The third-order valence-electron chi connectivity index (χ3n) is 3.74. The number of thiophene rings is 1. The summed E-state index contributed by atoms with van der Waals surface area (Å²) in [5.74, 6) is -1.48. The van der Waals surface area contributed by atoms with E-state index in [1.54, 1.807) is 23.6 Å². The molecule has 0 amide bonds. The highest BCUT2D eigenvalue weighted by Gasteiger charge is 2.36. The fourth-order valence-corrected chi connectivity index (χ4v) is 3.24. The SMILES string of the molecule is O=c1c2cnc3nc(C(F)(F)F)nn3c2ccn1CCc1cccs1. The summed E-state index contributed by atoms with van der Waals surface area (Å²) in [4.78, 5) is 20.9. The molecule has 0 aliphatic rings. The van der Waals surface area contributed by atoms with E-state index in [4.69, 9.17) is 0 Å². The second-order valence-corrected chi connectivity index (χ2v) is 6.38. The normalized spacial score (nSPS) is 12.3. The van der Waals surface area contributed by atoms with Gasteiger partial charge in [-0.15, -0.1) is 16.4 Å².